The number of morpholine rings is 1. The normalized spacial score (nSPS) is 22.2. The van der Waals surface area contributed by atoms with Gasteiger partial charge in [-0.3, -0.25) is 4.90 Å². The molecule has 8 heteroatoms. The number of benzene rings is 2. The lowest BCUT2D eigenvalue weighted by Gasteiger charge is -2.40. The second-order valence-corrected chi connectivity index (χ2v) is 6.73. The summed E-state index contributed by atoms with van der Waals surface area (Å²) in [6, 6.07) is 8.32. The van der Waals surface area contributed by atoms with Crippen molar-refractivity contribution in [3.8, 4) is 0 Å². The topological polar surface area (TPSA) is 21.7 Å². The van der Waals surface area contributed by atoms with E-state index in [0.29, 0.717) is 13.2 Å². The Balaban J connectivity index is 1.83. The van der Waals surface area contributed by atoms with Crippen molar-refractivity contribution in [3.63, 3.8) is 0 Å². The van der Waals surface area contributed by atoms with Crippen LogP contribution in [0.25, 0.3) is 0 Å². The van der Waals surface area contributed by atoms with Gasteiger partial charge in [0.25, 0.3) is 0 Å². The molecule has 0 amide bonds. The molecule has 2 aromatic rings. The maximum atomic E-state index is 13.5. The average Bonchev–Trinajstić information content (AvgIpc) is 2.62. The van der Waals surface area contributed by atoms with E-state index in [0.717, 1.165) is 17.7 Å². The third-order valence-electron chi connectivity index (χ3n) is 4.77. The molecule has 0 N–H and O–H groups in total. The van der Waals surface area contributed by atoms with E-state index < -0.39 is 30.0 Å². The Morgan fingerprint density at radius 1 is 1.11 bits per heavy atom. The number of alkyl halides is 3. The summed E-state index contributed by atoms with van der Waals surface area (Å²) in [5.41, 5.74) is -0.392. The monoisotopic (exact) mass is 401 g/mol. The smallest absolute Gasteiger partial charge is 0.349 e. The summed E-state index contributed by atoms with van der Waals surface area (Å²) in [6.45, 7) is 2.57. The molecular weight excluding hydrogens is 381 g/mol. The molecule has 3 nitrogen and oxygen atoms in total. The van der Waals surface area contributed by atoms with Gasteiger partial charge in [0.05, 0.1) is 24.3 Å². The van der Waals surface area contributed by atoms with Crippen LogP contribution in [0.1, 0.15) is 35.8 Å². The highest BCUT2D eigenvalue weighted by atomic mass is 19.4. The average molecular weight is 401 g/mol. The fourth-order valence-electron chi connectivity index (χ4n) is 3.23. The molecule has 0 aliphatic carbocycles. The number of halogens is 5. The van der Waals surface area contributed by atoms with E-state index in [9.17, 15) is 22.0 Å². The van der Waals surface area contributed by atoms with Crippen molar-refractivity contribution in [2.75, 3.05) is 20.2 Å². The van der Waals surface area contributed by atoms with E-state index in [-0.39, 0.29) is 17.4 Å². The molecule has 1 fully saturated rings. The van der Waals surface area contributed by atoms with Gasteiger partial charge in [0, 0.05) is 6.54 Å². The summed E-state index contributed by atoms with van der Waals surface area (Å²) in [5, 5.41) is 0. The predicted molar refractivity (Wildman–Crippen MR) is 92.4 cm³/mol. The third kappa shape index (κ3) is 4.51. The number of hydrogen-bond donors (Lipinski definition) is 0. The van der Waals surface area contributed by atoms with Gasteiger partial charge >= 0.3 is 6.18 Å². The van der Waals surface area contributed by atoms with Crippen molar-refractivity contribution < 1.29 is 31.4 Å². The first-order valence-electron chi connectivity index (χ1n) is 8.76. The quantitative estimate of drug-likeness (QED) is 0.666. The van der Waals surface area contributed by atoms with Crippen LogP contribution >= 0.6 is 0 Å². The maximum absolute atomic E-state index is 13.5. The van der Waals surface area contributed by atoms with E-state index in [4.69, 9.17) is 9.47 Å². The Kier molecular flexibility index (Phi) is 6.02. The molecule has 0 unspecified atom stereocenters. The summed E-state index contributed by atoms with van der Waals surface area (Å²) >= 11 is 0. The first kappa shape index (κ1) is 20.7. The zero-order chi connectivity index (χ0) is 20.5. The molecule has 2 aromatic carbocycles. The molecule has 1 saturated heterocycles. The van der Waals surface area contributed by atoms with Crippen LogP contribution in [0.4, 0.5) is 22.0 Å². The number of nitrogens with zero attached hydrogens (tertiary/aromatic N) is 1. The van der Waals surface area contributed by atoms with Gasteiger partial charge < -0.3 is 9.47 Å². The zero-order valence-electron chi connectivity index (χ0n) is 15.3. The molecule has 1 aliphatic rings. The predicted octanol–water partition coefficient (Wildman–Crippen LogP) is 5.09. The Morgan fingerprint density at radius 2 is 1.79 bits per heavy atom. The van der Waals surface area contributed by atoms with Crippen LogP contribution in [-0.2, 0) is 15.7 Å². The molecule has 0 radical (unpaired) electrons. The minimum Gasteiger partial charge on any atom is -0.349 e. The molecule has 152 valence electrons. The fourth-order valence-corrected chi connectivity index (χ4v) is 3.23. The van der Waals surface area contributed by atoms with Crippen LogP contribution < -0.4 is 0 Å². The van der Waals surface area contributed by atoms with Gasteiger partial charge in [-0.25, -0.2) is 8.78 Å². The number of likely N-dealkylation sites (N-methyl/N-ethyl adjacent to an activating group) is 1. The molecule has 0 spiro atoms. The Morgan fingerprint density at radius 3 is 2.43 bits per heavy atom. The summed E-state index contributed by atoms with van der Waals surface area (Å²) in [6.07, 6.45) is -6.35. The minimum atomic E-state index is -4.79. The largest absolute Gasteiger partial charge is 0.419 e. The van der Waals surface area contributed by atoms with Gasteiger partial charge in [0.1, 0.15) is 11.6 Å². The van der Waals surface area contributed by atoms with E-state index in [1.165, 1.54) is 18.2 Å². The van der Waals surface area contributed by atoms with Gasteiger partial charge in [-0.2, -0.15) is 13.2 Å². The first-order valence-corrected chi connectivity index (χ1v) is 8.76. The van der Waals surface area contributed by atoms with Crippen LogP contribution in [0.3, 0.4) is 0 Å². The van der Waals surface area contributed by atoms with Crippen molar-refractivity contribution in [1.82, 2.24) is 4.90 Å². The summed E-state index contributed by atoms with van der Waals surface area (Å²) in [5.74, 6) is -1.71. The highest BCUT2D eigenvalue weighted by Crippen LogP contribution is 2.36. The molecular formula is C20H20F5NO2. The number of rotatable bonds is 4. The molecule has 3 atom stereocenters. The Labute approximate surface area is 159 Å². The number of ether oxygens (including phenoxy) is 2. The molecule has 1 heterocycles. The van der Waals surface area contributed by atoms with Crippen molar-refractivity contribution in [2.45, 2.75) is 31.5 Å². The summed E-state index contributed by atoms with van der Waals surface area (Å²) in [4.78, 5) is 1.97. The Bertz CT molecular complexity index is 809. The molecule has 3 rings (SSSR count). The second kappa shape index (κ2) is 8.14. The molecule has 0 bridgehead atoms. The van der Waals surface area contributed by atoms with Crippen LogP contribution in [0.2, 0.25) is 0 Å². The SMILES string of the molecule is C[C@@H](O[C@H]1OCCN(C)[C@H]1c1ccc(F)cc1)c1ccc(F)c(C(F)(F)F)c1. The van der Waals surface area contributed by atoms with E-state index in [2.05, 4.69) is 0 Å². The highest BCUT2D eigenvalue weighted by molar-refractivity contribution is 5.29. The molecule has 0 saturated carbocycles. The highest BCUT2D eigenvalue weighted by Gasteiger charge is 2.36. The first-order chi connectivity index (χ1) is 13.2. The van der Waals surface area contributed by atoms with E-state index >= 15 is 0 Å². The van der Waals surface area contributed by atoms with Gasteiger partial charge in [-0.15, -0.1) is 0 Å². The summed E-state index contributed by atoms with van der Waals surface area (Å²) in [7, 11) is 1.86. The van der Waals surface area contributed by atoms with E-state index in [1.807, 2.05) is 11.9 Å². The van der Waals surface area contributed by atoms with Gasteiger partial charge in [0.15, 0.2) is 6.29 Å². The Hall–Kier alpha value is -2.03. The maximum Gasteiger partial charge on any atom is 0.419 e. The molecule has 0 aromatic heterocycles. The fraction of sp³-hybridized carbons (Fsp3) is 0.400. The van der Waals surface area contributed by atoms with Crippen molar-refractivity contribution >= 4 is 0 Å². The van der Waals surface area contributed by atoms with Crippen molar-refractivity contribution in [2.24, 2.45) is 0 Å². The van der Waals surface area contributed by atoms with Crippen molar-refractivity contribution in [1.29, 1.82) is 0 Å². The summed E-state index contributed by atoms with van der Waals surface area (Å²) < 4.78 is 77.3. The van der Waals surface area contributed by atoms with Crippen LogP contribution in [0, 0.1) is 11.6 Å². The van der Waals surface area contributed by atoms with E-state index in [1.54, 1.807) is 19.1 Å². The zero-order valence-corrected chi connectivity index (χ0v) is 15.3. The van der Waals surface area contributed by atoms with Gasteiger partial charge in [-0.1, -0.05) is 18.2 Å². The lowest BCUT2D eigenvalue weighted by molar-refractivity contribution is -0.226. The molecule has 1 aliphatic heterocycles. The van der Waals surface area contributed by atoms with Gasteiger partial charge in [-0.05, 0) is 49.4 Å². The lowest BCUT2D eigenvalue weighted by atomic mass is 10.0. The van der Waals surface area contributed by atoms with Crippen molar-refractivity contribution in [3.05, 3.63) is 70.8 Å². The standard InChI is InChI=1S/C20H20F5NO2/c1-12(14-5-8-17(22)16(11-14)20(23,24)25)28-19-18(26(2)9-10-27-19)13-3-6-15(21)7-4-13/h3-8,11-12,18-19H,9-10H2,1-2H3/t12-,18+,19-/m1/s1. The minimum absolute atomic E-state index is 0.184. The third-order valence-corrected chi connectivity index (χ3v) is 4.77. The van der Waals surface area contributed by atoms with Gasteiger partial charge in [0.2, 0.25) is 0 Å². The van der Waals surface area contributed by atoms with Crippen LogP contribution in [0.15, 0.2) is 42.5 Å². The van der Waals surface area contributed by atoms with Crippen LogP contribution in [-0.4, -0.2) is 31.4 Å². The second-order valence-electron chi connectivity index (χ2n) is 6.73. The van der Waals surface area contributed by atoms with Crippen LogP contribution in [0.5, 0.6) is 0 Å². The molecule has 28 heavy (non-hydrogen) atoms. The lowest BCUT2D eigenvalue weighted by Crippen LogP contribution is -2.44. The number of hydrogen-bond acceptors (Lipinski definition) is 3.